The number of guanidine groups is 1. The summed E-state index contributed by atoms with van der Waals surface area (Å²) in [5, 5.41) is 3.31. The van der Waals surface area contributed by atoms with Crippen LogP contribution in [0.25, 0.3) is 0 Å². The van der Waals surface area contributed by atoms with Crippen molar-refractivity contribution in [3.8, 4) is 18.1 Å². The Labute approximate surface area is 127 Å². The van der Waals surface area contributed by atoms with Crippen LogP contribution in [-0.4, -0.2) is 44.1 Å². The van der Waals surface area contributed by atoms with Gasteiger partial charge in [0.15, 0.2) is 5.96 Å². The van der Waals surface area contributed by atoms with Crippen molar-refractivity contribution in [3.05, 3.63) is 29.8 Å². The van der Waals surface area contributed by atoms with Gasteiger partial charge in [-0.15, -0.1) is 6.42 Å². The molecule has 1 aliphatic heterocycles. The monoisotopic (exact) mass is 285 g/mol. The van der Waals surface area contributed by atoms with Crippen molar-refractivity contribution in [1.82, 2.24) is 10.2 Å². The molecule has 0 aromatic heterocycles. The van der Waals surface area contributed by atoms with Crippen LogP contribution in [0.5, 0.6) is 5.75 Å². The third-order valence-electron chi connectivity index (χ3n) is 3.73. The summed E-state index contributed by atoms with van der Waals surface area (Å²) < 4.78 is 5.21. The van der Waals surface area contributed by atoms with Gasteiger partial charge in [0, 0.05) is 25.6 Å². The zero-order valence-corrected chi connectivity index (χ0v) is 12.8. The Morgan fingerprint density at radius 2 is 2.24 bits per heavy atom. The van der Waals surface area contributed by atoms with Gasteiger partial charge in [-0.05, 0) is 31.0 Å². The predicted molar refractivity (Wildman–Crippen MR) is 86.7 cm³/mol. The lowest BCUT2D eigenvalue weighted by Gasteiger charge is -2.21. The van der Waals surface area contributed by atoms with E-state index in [9.17, 15) is 0 Å². The molecule has 112 valence electrons. The number of terminal acetylenes is 1. The van der Waals surface area contributed by atoms with E-state index in [1.54, 1.807) is 7.11 Å². The molecule has 1 aromatic rings. The first-order chi connectivity index (χ1) is 10.3. The summed E-state index contributed by atoms with van der Waals surface area (Å²) in [5.74, 6) is 4.92. The number of aliphatic imine (C=N–C) groups is 1. The number of benzene rings is 1. The van der Waals surface area contributed by atoms with Crippen molar-refractivity contribution in [2.24, 2.45) is 4.99 Å². The van der Waals surface area contributed by atoms with Crippen molar-refractivity contribution in [1.29, 1.82) is 0 Å². The number of rotatable bonds is 4. The standard InChI is InChI=1S/C17H23N3O/c1-4-11-19-17(18-5-2)20-12-10-15(13-20)14-6-8-16(21-3)9-7-14/h1,6-9,15H,5,10-13H2,2-3H3,(H,18,19). The smallest absolute Gasteiger partial charge is 0.194 e. The third kappa shape index (κ3) is 3.91. The molecule has 1 N–H and O–H groups in total. The highest BCUT2D eigenvalue weighted by Crippen LogP contribution is 2.28. The number of ether oxygens (including phenoxy) is 1. The maximum absolute atomic E-state index is 5.30. The Morgan fingerprint density at radius 3 is 2.86 bits per heavy atom. The van der Waals surface area contributed by atoms with Crippen LogP contribution in [0.15, 0.2) is 29.3 Å². The molecule has 0 aliphatic carbocycles. The van der Waals surface area contributed by atoms with Crippen molar-refractivity contribution in [3.63, 3.8) is 0 Å². The fourth-order valence-electron chi connectivity index (χ4n) is 2.65. The van der Waals surface area contributed by atoms with Gasteiger partial charge in [-0.1, -0.05) is 18.1 Å². The van der Waals surface area contributed by atoms with E-state index in [0.29, 0.717) is 12.5 Å². The number of nitrogens with zero attached hydrogens (tertiary/aromatic N) is 2. The molecule has 0 spiro atoms. The summed E-state index contributed by atoms with van der Waals surface area (Å²) >= 11 is 0. The van der Waals surface area contributed by atoms with Gasteiger partial charge in [-0.25, -0.2) is 4.99 Å². The van der Waals surface area contributed by atoms with E-state index in [1.165, 1.54) is 5.56 Å². The summed E-state index contributed by atoms with van der Waals surface area (Å²) in [4.78, 5) is 6.73. The van der Waals surface area contributed by atoms with Gasteiger partial charge in [0.2, 0.25) is 0 Å². The fourth-order valence-corrected chi connectivity index (χ4v) is 2.65. The van der Waals surface area contributed by atoms with Crippen LogP contribution < -0.4 is 10.1 Å². The fraction of sp³-hybridized carbons (Fsp3) is 0.471. The lowest BCUT2D eigenvalue weighted by atomic mass is 9.98. The molecule has 4 nitrogen and oxygen atoms in total. The quantitative estimate of drug-likeness (QED) is 0.523. The second kappa shape index (κ2) is 7.58. The zero-order valence-electron chi connectivity index (χ0n) is 12.8. The van der Waals surface area contributed by atoms with E-state index in [0.717, 1.165) is 37.8 Å². The van der Waals surface area contributed by atoms with Gasteiger partial charge in [0.05, 0.1) is 7.11 Å². The molecule has 1 fully saturated rings. The van der Waals surface area contributed by atoms with E-state index >= 15 is 0 Å². The van der Waals surface area contributed by atoms with E-state index in [4.69, 9.17) is 11.2 Å². The SMILES string of the molecule is C#CCN=C(NCC)N1CCC(c2ccc(OC)cc2)C1. The molecule has 1 saturated heterocycles. The Kier molecular flexibility index (Phi) is 5.51. The maximum Gasteiger partial charge on any atom is 0.194 e. The lowest BCUT2D eigenvalue weighted by Crippen LogP contribution is -2.40. The summed E-state index contributed by atoms with van der Waals surface area (Å²) in [6.45, 7) is 5.33. The van der Waals surface area contributed by atoms with E-state index in [-0.39, 0.29) is 0 Å². The molecule has 0 radical (unpaired) electrons. The van der Waals surface area contributed by atoms with Crippen LogP contribution in [-0.2, 0) is 0 Å². The first-order valence-electron chi connectivity index (χ1n) is 7.39. The van der Waals surface area contributed by atoms with Crippen LogP contribution in [0, 0.1) is 12.3 Å². The normalized spacial score (nSPS) is 18.4. The molecule has 1 aliphatic rings. The summed E-state index contributed by atoms with van der Waals surface area (Å²) in [6, 6.07) is 8.35. The Morgan fingerprint density at radius 1 is 1.48 bits per heavy atom. The molecule has 1 heterocycles. The first-order valence-corrected chi connectivity index (χ1v) is 7.39. The highest BCUT2D eigenvalue weighted by Gasteiger charge is 2.25. The molecular formula is C17H23N3O. The van der Waals surface area contributed by atoms with Crippen molar-refractivity contribution >= 4 is 5.96 Å². The Balaban J connectivity index is 2.02. The van der Waals surface area contributed by atoms with Gasteiger partial charge in [0.25, 0.3) is 0 Å². The molecule has 1 unspecified atom stereocenters. The molecule has 2 rings (SSSR count). The number of hydrogen-bond acceptors (Lipinski definition) is 2. The summed E-state index contributed by atoms with van der Waals surface area (Å²) in [7, 11) is 1.69. The minimum Gasteiger partial charge on any atom is -0.497 e. The number of likely N-dealkylation sites (tertiary alicyclic amines) is 1. The maximum atomic E-state index is 5.30. The second-order valence-corrected chi connectivity index (χ2v) is 5.08. The lowest BCUT2D eigenvalue weighted by molar-refractivity contribution is 0.414. The minimum absolute atomic E-state index is 0.423. The number of methoxy groups -OCH3 is 1. The molecular weight excluding hydrogens is 262 g/mol. The molecule has 4 heteroatoms. The van der Waals surface area contributed by atoms with Gasteiger partial charge in [0.1, 0.15) is 12.3 Å². The van der Waals surface area contributed by atoms with Crippen molar-refractivity contribution < 1.29 is 4.74 Å². The van der Waals surface area contributed by atoms with Gasteiger partial charge < -0.3 is 15.0 Å². The van der Waals surface area contributed by atoms with Crippen LogP contribution in [0.4, 0.5) is 0 Å². The van der Waals surface area contributed by atoms with Crippen LogP contribution in [0.2, 0.25) is 0 Å². The van der Waals surface area contributed by atoms with Crippen LogP contribution in [0.3, 0.4) is 0 Å². The van der Waals surface area contributed by atoms with Gasteiger partial charge >= 0.3 is 0 Å². The van der Waals surface area contributed by atoms with Gasteiger partial charge in [-0.3, -0.25) is 0 Å². The summed E-state index contributed by atoms with van der Waals surface area (Å²) in [6.07, 6.45) is 6.43. The largest absolute Gasteiger partial charge is 0.497 e. The summed E-state index contributed by atoms with van der Waals surface area (Å²) in [5.41, 5.74) is 1.35. The number of hydrogen-bond donors (Lipinski definition) is 1. The highest BCUT2D eigenvalue weighted by molar-refractivity contribution is 5.80. The average Bonchev–Trinajstić information content (AvgIpc) is 3.01. The number of nitrogens with one attached hydrogen (secondary N) is 1. The zero-order chi connectivity index (χ0) is 15.1. The minimum atomic E-state index is 0.423. The Hall–Kier alpha value is -2.15. The molecule has 1 atom stereocenters. The van der Waals surface area contributed by atoms with Crippen molar-refractivity contribution in [2.75, 3.05) is 33.3 Å². The third-order valence-corrected chi connectivity index (χ3v) is 3.73. The van der Waals surface area contributed by atoms with E-state index < -0.39 is 0 Å². The molecule has 0 saturated carbocycles. The molecule has 0 bridgehead atoms. The average molecular weight is 285 g/mol. The Bertz CT molecular complexity index is 516. The molecule has 0 amide bonds. The van der Waals surface area contributed by atoms with Gasteiger partial charge in [-0.2, -0.15) is 0 Å². The first kappa shape index (κ1) is 15.2. The van der Waals surface area contributed by atoms with E-state index in [1.807, 2.05) is 12.1 Å². The van der Waals surface area contributed by atoms with Crippen LogP contribution in [0.1, 0.15) is 24.8 Å². The molecule has 21 heavy (non-hydrogen) atoms. The topological polar surface area (TPSA) is 36.9 Å². The highest BCUT2D eigenvalue weighted by atomic mass is 16.5. The predicted octanol–water partition coefficient (Wildman–Crippen LogP) is 2.08. The molecule has 1 aromatic carbocycles. The van der Waals surface area contributed by atoms with Crippen LogP contribution >= 0.6 is 0 Å². The van der Waals surface area contributed by atoms with E-state index in [2.05, 4.69) is 40.2 Å². The second-order valence-electron chi connectivity index (χ2n) is 5.08. The van der Waals surface area contributed by atoms with Crippen molar-refractivity contribution in [2.45, 2.75) is 19.3 Å².